The van der Waals surface area contributed by atoms with Crippen molar-refractivity contribution in [3.63, 3.8) is 0 Å². The zero-order valence-corrected chi connectivity index (χ0v) is 11.1. The maximum Gasteiger partial charge on any atom is 0.0100 e. The van der Waals surface area contributed by atoms with Crippen molar-refractivity contribution in [3.05, 3.63) is 0 Å². The van der Waals surface area contributed by atoms with Gasteiger partial charge in [-0.3, -0.25) is 0 Å². The highest BCUT2D eigenvalue weighted by molar-refractivity contribution is 9.09. The maximum atomic E-state index is 3.73. The van der Waals surface area contributed by atoms with E-state index in [0.29, 0.717) is 5.41 Å². The molecular weight excluding hydrogens is 250 g/mol. The predicted octanol–water partition coefficient (Wildman–Crippen LogP) is 3.28. The second kappa shape index (κ2) is 4.03. The minimum absolute atomic E-state index is 0.665. The molecule has 1 aliphatic heterocycles. The number of fused-ring (bicyclic) bond motifs is 1. The van der Waals surface area contributed by atoms with Gasteiger partial charge < -0.3 is 4.90 Å². The van der Waals surface area contributed by atoms with Crippen molar-refractivity contribution in [3.8, 4) is 0 Å². The SMILES string of the molecule is BrCC1(CN2CC3CCCC3C2)CCC1. The lowest BCUT2D eigenvalue weighted by Crippen LogP contribution is -2.43. The zero-order valence-electron chi connectivity index (χ0n) is 9.55. The maximum absolute atomic E-state index is 3.73. The average Bonchev–Trinajstić information content (AvgIpc) is 2.70. The van der Waals surface area contributed by atoms with E-state index < -0.39 is 0 Å². The lowest BCUT2D eigenvalue weighted by Gasteiger charge is -2.43. The third kappa shape index (κ3) is 1.88. The van der Waals surface area contributed by atoms with Crippen LogP contribution in [0, 0.1) is 17.3 Å². The third-order valence-electron chi connectivity index (χ3n) is 5.06. The molecule has 86 valence electrons. The monoisotopic (exact) mass is 271 g/mol. The van der Waals surface area contributed by atoms with E-state index >= 15 is 0 Å². The molecule has 2 saturated carbocycles. The molecule has 2 aliphatic carbocycles. The smallest absolute Gasteiger partial charge is 0.0100 e. The molecule has 0 aromatic rings. The van der Waals surface area contributed by atoms with Crippen LogP contribution in [0.25, 0.3) is 0 Å². The number of hydrogen-bond acceptors (Lipinski definition) is 1. The fourth-order valence-electron chi connectivity index (χ4n) is 3.95. The van der Waals surface area contributed by atoms with Crippen molar-refractivity contribution < 1.29 is 0 Å². The van der Waals surface area contributed by atoms with Crippen LogP contribution in [0.5, 0.6) is 0 Å². The predicted molar refractivity (Wildman–Crippen MR) is 67.3 cm³/mol. The van der Waals surface area contributed by atoms with E-state index in [1.807, 2.05) is 0 Å². The zero-order chi connectivity index (χ0) is 10.3. The minimum Gasteiger partial charge on any atom is -0.302 e. The first-order chi connectivity index (χ1) is 7.31. The van der Waals surface area contributed by atoms with Crippen molar-refractivity contribution in [2.75, 3.05) is 25.0 Å². The highest BCUT2D eigenvalue weighted by Gasteiger charge is 2.42. The highest BCUT2D eigenvalue weighted by atomic mass is 79.9. The third-order valence-corrected chi connectivity index (χ3v) is 6.25. The summed E-state index contributed by atoms with van der Waals surface area (Å²) in [6, 6.07) is 0. The first-order valence-electron chi connectivity index (χ1n) is 6.60. The van der Waals surface area contributed by atoms with Crippen LogP contribution in [-0.2, 0) is 0 Å². The van der Waals surface area contributed by atoms with Crippen LogP contribution >= 0.6 is 15.9 Å². The number of alkyl halides is 1. The van der Waals surface area contributed by atoms with Crippen LogP contribution in [0.15, 0.2) is 0 Å². The van der Waals surface area contributed by atoms with Crippen molar-refractivity contribution >= 4 is 15.9 Å². The van der Waals surface area contributed by atoms with Gasteiger partial charge in [0.25, 0.3) is 0 Å². The summed E-state index contributed by atoms with van der Waals surface area (Å²) in [5.41, 5.74) is 0.665. The van der Waals surface area contributed by atoms with Gasteiger partial charge in [-0.1, -0.05) is 28.8 Å². The lowest BCUT2D eigenvalue weighted by atomic mass is 9.70. The molecule has 2 atom stereocenters. The molecule has 0 aromatic heterocycles. The van der Waals surface area contributed by atoms with Crippen LogP contribution in [0.1, 0.15) is 38.5 Å². The highest BCUT2D eigenvalue weighted by Crippen LogP contribution is 2.45. The molecule has 15 heavy (non-hydrogen) atoms. The summed E-state index contributed by atoms with van der Waals surface area (Å²) in [5.74, 6) is 2.13. The molecule has 3 rings (SSSR count). The van der Waals surface area contributed by atoms with Crippen molar-refractivity contribution in [1.29, 1.82) is 0 Å². The molecule has 1 nitrogen and oxygen atoms in total. The van der Waals surface area contributed by atoms with E-state index in [9.17, 15) is 0 Å². The summed E-state index contributed by atoms with van der Waals surface area (Å²) in [5, 5.41) is 1.23. The summed E-state index contributed by atoms with van der Waals surface area (Å²) in [6.45, 7) is 4.21. The number of halogens is 1. The molecule has 0 bridgehead atoms. The van der Waals surface area contributed by atoms with Gasteiger partial charge in [-0.25, -0.2) is 0 Å². The molecule has 0 amide bonds. The lowest BCUT2D eigenvalue weighted by molar-refractivity contribution is 0.100. The van der Waals surface area contributed by atoms with E-state index in [-0.39, 0.29) is 0 Å². The molecule has 3 aliphatic rings. The Morgan fingerprint density at radius 2 is 1.73 bits per heavy atom. The van der Waals surface area contributed by atoms with Gasteiger partial charge in [0, 0.05) is 25.0 Å². The van der Waals surface area contributed by atoms with E-state index in [0.717, 1.165) is 11.8 Å². The van der Waals surface area contributed by atoms with Crippen LogP contribution in [0.4, 0.5) is 0 Å². The van der Waals surface area contributed by atoms with Crippen LogP contribution in [0.2, 0.25) is 0 Å². The molecule has 0 spiro atoms. The Balaban J connectivity index is 1.56. The van der Waals surface area contributed by atoms with Crippen molar-refractivity contribution in [2.24, 2.45) is 17.3 Å². The Kier molecular flexibility index (Phi) is 2.84. The molecule has 0 radical (unpaired) electrons. The van der Waals surface area contributed by atoms with E-state index in [2.05, 4.69) is 20.8 Å². The van der Waals surface area contributed by atoms with Crippen molar-refractivity contribution in [2.45, 2.75) is 38.5 Å². The Hall–Kier alpha value is 0.440. The summed E-state index contributed by atoms with van der Waals surface area (Å²) in [4.78, 5) is 2.77. The summed E-state index contributed by atoms with van der Waals surface area (Å²) in [6.07, 6.45) is 8.93. The quantitative estimate of drug-likeness (QED) is 0.713. The molecule has 2 heteroatoms. The Bertz CT molecular complexity index is 219. The summed E-state index contributed by atoms with van der Waals surface area (Å²) >= 11 is 3.73. The van der Waals surface area contributed by atoms with Gasteiger partial charge in [0.2, 0.25) is 0 Å². The first kappa shape index (κ1) is 10.6. The Morgan fingerprint density at radius 3 is 2.20 bits per heavy atom. The number of nitrogens with zero attached hydrogens (tertiary/aromatic N) is 1. The fraction of sp³-hybridized carbons (Fsp3) is 1.00. The topological polar surface area (TPSA) is 3.24 Å². The number of rotatable bonds is 3. The average molecular weight is 272 g/mol. The Morgan fingerprint density at radius 1 is 1.07 bits per heavy atom. The Labute approximate surface area is 102 Å². The molecule has 3 fully saturated rings. The van der Waals surface area contributed by atoms with E-state index in [1.165, 1.54) is 63.5 Å². The first-order valence-corrected chi connectivity index (χ1v) is 7.72. The van der Waals surface area contributed by atoms with Gasteiger partial charge in [0.15, 0.2) is 0 Å². The molecule has 1 heterocycles. The van der Waals surface area contributed by atoms with E-state index in [1.54, 1.807) is 0 Å². The molecule has 2 unspecified atom stereocenters. The normalized spacial score (nSPS) is 39.0. The minimum atomic E-state index is 0.665. The largest absolute Gasteiger partial charge is 0.302 e. The summed E-state index contributed by atoms with van der Waals surface area (Å²) < 4.78 is 0. The molecule has 0 aromatic carbocycles. The second-order valence-electron chi connectivity index (χ2n) is 6.13. The van der Waals surface area contributed by atoms with Gasteiger partial charge in [-0.15, -0.1) is 0 Å². The van der Waals surface area contributed by atoms with Gasteiger partial charge in [0.05, 0.1) is 0 Å². The number of hydrogen-bond donors (Lipinski definition) is 0. The summed E-state index contributed by atoms with van der Waals surface area (Å²) in [7, 11) is 0. The fourth-order valence-corrected chi connectivity index (χ4v) is 4.68. The van der Waals surface area contributed by atoms with Crippen LogP contribution < -0.4 is 0 Å². The number of likely N-dealkylation sites (tertiary alicyclic amines) is 1. The van der Waals surface area contributed by atoms with Crippen LogP contribution in [-0.4, -0.2) is 29.9 Å². The van der Waals surface area contributed by atoms with Gasteiger partial charge in [-0.2, -0.15) is 0 Å². The molecule has 1 saturated heterocycles. The second-order valence-corrected chi connectivity index (χ2v) is 6.69. The molecule has 0 N–H and O–H groups in total. The van der Waals surface area contributed by atoms with Gasteiger partial charge in [0.1, 0.15) is 0 Å². The molecular formula is C13H22BrN. The van der Waals surface area contributed by atoms with E-state index in [4.69, 9.17) is 0 Å². The van der Waals surface area contributed by atoms with Crippen molar-refractivity contribution in [1.82, 2.24) is 4.90 Å². The van der Waals surface area contributed by atoms with Crippen LogP contribution in [0.3, 0.4) is 0 Å². The van der Waals surface area contributed by atoms with Gasteiger partial charge in [-0.05, 0) is 42.9 Å². The van der Waals surface area contributed by atoms with Gasteiger partial charge >= 0.3 is 0 Å². The standard InChI is InChI=1S/C13H22BrN/c14-9-13(5-2-6-13)10-15-7-11-3-1-4-12(11)8-15/h11-12H,1-10H2.